The summed E-state index contributed by atoms with van der Waals surface area (Å²) in [7, 11) is 0. The van der Waals surface area contributed by atoms with Gasteiger partial charge < -0.3 is 45.1 Å². The van der Waals surface area contributed by atoms with Crippen molar-refractivity contribution in [1.82, 2.24) is 5.32 Å². The molecule has 0 radical (unpaired) electrons. The number of hydrogen-bond acceptors (Lipinski definition) is 10. The highest BCUT2D eigenvalue weighted by Crippen LogP contribution is 2.27. The number of ether oxygens (including phenoxy) is 3. The van der Waals surface area contributed by atoms with E-state index in [1.807, 2.05) is 6.08 Å². The van der Waals surface area contributed by atoms with E-state index in [2.05, 4.69) is 62.5 Å². The van der Waals surface area contributed by atoms with E-state index in [0.717, 1.165) is 64.2 Å². The lowest BCUT2D eigenvalue weighted by Crippen LogP contribution is -2.61. The standard InChI is InChI=1S/C80H149NO10/c1-4-7-10-13-16-19-22-25-27-29-31-33-35-36-37-39-40-42-44-46-49-52-55-58-61-64-67-73(84)79(88)81-71(72(83)66-63-60-57-54-51-48-24-21-18-15-12-9-6-3)70-89-80-78(77(87)76(86)74(69-82)90-80)91-75(85)68-65-62-59-56-53-50-47-45-43-41-38-34-32-30-28-26-23-20-17-14-11-8-5-2/h16,19,25-28,63,66,71-74,76-78,80,82-84,86-87H,4-15,17-18,20-24,29-62,64-65,67-70H2,1-3H3,(H,81,88)/b19-16-,27-25-,28-26+,66-63+. The van der Waals surface area contributed by atoms with Crippen LogP contribution in [0, 0.1) is 0 Å². The second kappa shape index (κ2) is 67.6. The SMILES string of the molecule is CCCCC/C=C\C/C=C\CCCCCCCCCCCCCCCCCCC(O)C(=O)NC(COC1OC(CO)C(O)C(O)C1OC(=O)CCCCCCCCCCCCCCC/C=C/CCCCCCCC)C(O)/C=C/CCCCCCCCCCCCC. The van der Waals surface area contributed by atoms with Crippen LogP contribution in [-0.2, 0) is 23.8 Å². The smallest absolute Gasteiger partial charge is 0.306 e. The molecule has 0 aromatic carbocycles. The van der Waals surface area contributed by atoms with Gasteiger partial charge in [-0.1, -0.05) is 345 Å². The first kappa shape index (κ1) is 86.6. The molecule has 0 spiro atoms. The van der Waals surface area contributed by atoms with Crippen LogP contribution in [0.5, 0.6) is 0 Å². The van der Waals surface area contributed by atoms with Crippen LogP contribution < -0.4 is 5.32 Å². The molecule has 0 aliphatic carbocycles. The summed E-state index contributed by atoms with van der Waals surface area (Å²) < 4.78 is 17.8. The number of hydrogen-bond donors (Lipinski definition) is 6. The van der Waals surface area contributed by atoms with Gasteiger partial charge in [0.25, 0.3) is 0 Å². The average molecular weight is 1290 g/mol. The van der Waals surface area contributed by atoms with Crippen molar-refractivity contribution in [3.63, 3.8) is 0 Å². The van der Waals surface area contributed by atoms with E-state index in [4.69, 9.17) is 14.2 Å². The highest BCUT2D eigenvalue weighted by molar-refractivity contribution is 5.80. The highest BCUT2D eigenvalue weighted by Gasteiger charge is 2.47. The second-order valence-electron chi connectivity index (χ2n) is 27.4. The van der Waals surface area contributed by atoms with Crippen molar-refractivity contribution in [2.45, 2.75) is 436 Å². The zero-order chi connectivity index (χ0) is 66.0. The van der Waals surface area contributed by atoms with Gasteiger partial charge in [0.2, 0.25) is 5.91 Å². The van der Waals surface area contributed by atoms with Crippen molar-refractivity contribution in [3.8, 4) is 0 Å². The van der Waals surface area contributed by atoms with Gasteiger partial charge >= 0.3 is 5.97 Å². The molecule has 6 N–H and O–H groups in total. The van der Waals surface area contributed by atoms with E-state index >= 15 is 0 Å². The van der Waals surface area contributed by atoms with Crippen molar-refractivity contribution in [1.29, 1.82) is 0 Å². The van der Waals surface area contributed by atoms with Gasteiger partial charge in [0.15, 0.2) is 12.4 Å². The zero-order valence-electron chi connectivity index (χ0n) is 59.7. The Morgan fingerprint density at radius 3 is 1.15 bits per heavy atom. The summed E-state index contributed by atoms with van der Waals surface area (Å²) in [6.07, 6.45) is 75.9. The molecule has 1 amide bonds. The van der Waals surface area contributed by atoms with E-state index in [1.165, 1.54) is 276 Å². The number of carbonyl (C=O) groups excluding carboxylic acids is 2. The maximum atomic E-state index is 13.5. The van der Waals surface area contributed by atoms with Gasteiger partial charge in [-0.25, -0.2) is 0 Å². The minimum absolute atomic E-state index is 0.127. The van der Waals surface area contributed by atoms with Crippen molar-refractivity contribution in [2.24, 2.45) is 0 Å². The fourth-order valence-corrected chi connectivity index (χ4v) is 12.5. The van der Waals surface area contributed by atoms with Crippen LogP contribution in [0.25, 0.3) is 0 Å². The maximum absolute atomic E-state index is 13.5. The normalized spacial score (nSPS) is 18.2. The molecule has 1 saturated heterocycles. The van der Waals surface area contributed by atoms with E-state index in [-0.39, 0.29) is 13.0 Å². The molecule has 8 unspecified atom stereocenters. The average Bonchev–Trinajstić information content (AvgIpc) is 0.969. The van der Waals surface area contributed by atoms with Gasteiger partial charge in [-0.3, -0.25) is 9.59 Å². The van der Waals surface area contributed by atoms with E-state index in [0.29, 0.717) is 19.3 Å². The van der Waals surface area contributed by atoms with Gasteiger partial charge in [0, 0.05) is 6.42 Å². The predicted molar refractivity (Wildman–Crippen MR) is 384 cm³/mol. The Kier molecular flexibility index (Phi) is 64.3. The summed E-state index contributed by atoms with van der Waals surface area (Å²) >= 11 is 0. The van der Waals surface area contributed by atoms with Crippen LogP contribution in [0.2, 0.25) is 0 Å². The summed E-state index contributed by atoms with van der Waals surface area (Å²) in [5.74, 6) is -1.18. The number of carbonyl (C=O) groups is 2. The quantitative estimate of drug-likeness (QED) is 0.0195. The van der Waals surface area contributed by atoms with Crippen molar-refractivity contribution < 1.29 is 49.3 Å². The largest absolute Gasteiger partial charge is 0.454 e. The lowest BCUT2D eigenvalue weighted by atomic mass is 9.99. The van der Waals surface area contributed by atoms with Crippen molar-refractivity contribution in [3.05, 3.63) is 48.6 Å². The van der Waals surface area contributed by atoms with Crippen molar-refractivity contribution >= 4 is 11.9 Å². The third kappa shape index (κ3) is 54.4. The van der Waals surface area contributed by atoms with Gasteiger partial charge in [-0.05, 0) is 83.5 Å². The Morgan fingerprint density at radius 1 is 0.429 bits per heavy atom. The summed E-state index contributed by atoms with van der Waals surface area (Å²) in [6, 6.07) is -1.02. The summed E-state index contributed by atoms with van der Waals surface area (Å²) in [5, 5.41) is 57.4. The lowest BCUT2D eigenvalue weighted by molar-refractivity contribution is -0.305. The number of aliphatic hydroxyl groups excluding tert-OH is 5. The Hall–Kier alpha value is -2.38. The number of allylic oxidation sites excluding steroid dienone is 7. The molecule has 1 heterocycles. The molecule has 0 aromatic rings. The third-order valence-corrected chi connectivity index (χ3v) is 18.7. The molecule has 11 heteroatoms. The molecule has 0 saturated carbocycles. The summed E-state index contributed by atoms with van der Waals surface area (Å²) in [4.78, 5) is 26.8. The van der Waals surface area contributed by atoms with Crippen LogP contribution >= 0.6 is 0 Å². The molecule has 1 aliphatic rings. The fourth-order valence-electron chi connectivity index (χ4n) is 12.5. The monoisotopic (exact) mass is 1280 g/mol. The van der Waals surface area contributed by atoms with Crippen molar-refractivity contribution in [2.75, 3.05) is 13.2 Å². The first-order valence-corrected chi connectivity index (χ1v) is 39.4. The highest BCUT2D eigenvalue weighted by atomic mass is 16.7. The van der Waals surface area contributed by atoms with Gasteiger partial charge in [-0.2, -0.15) is 0 Å². The molecule has 91 heavy (non-hydrogen) atoms. The molecule has 11 nitrogen and oxygen atoms in total. The molecule has 1 aliphatic heterocycles. The predicted octanol–water partition coefficient (Wildman–Crippen LogP) is 21.1. The van der Waals surface area contributed by atoms with Gasteiger partial charge in [-0.15, -0.1) is 0 Å². The molecule has 1 rings (SSSR count). The molecular weight excluding hydrogens is 1130 g/mol. The van der Waals surface area contributed by atoms with Gasteiger partial charge in [0.05, 0.1) is 25.4 Å². The Bertz CT molecular complexity index is 1670. The third-order valence-electron chi connectivity index (χ3n) is 18.7. The number of amides is 1. The second-order valence-corrected chi connectivity index (χ2v) is 27.4. The number of unbranched alkanes of at least 4 members (excludes halogenated alkanes) is 49. The fraction of sp³-hybridized carbons (Fsp3) is 0.875. The molecule has 0 bridgehead atoms. The summed E-state index contributed by atoms with van der Waals surface area (Å²) in [6.45, 7) is 5.83. The lowest BCUT2D eigenvalue weighted by Gasteiger charge is -2.41. The van der Waals surface area contributed by atoms with Crippen LogP contribution in [0.4, 0.5) is 0 Å². The first-order valence-electron chi connectivity index (χ1n) is 39.4. The molecule has 1 fully saturated rings. The zero-order valence-corrected chi connectivity index (χ0v) is 59.7. The van der Waals surface area contributed by atoms with Crippen LogP contribution in [0.15, 0.2) is 48.6 Å². The minimum atomic E-state index is -1.61. The Labute approximate surface area is 561 Å². The number of esters is 1. The van der Waals surface area contributed by atoms with Crippen LogP contribution in [0.3, 0.4) is 0 Å². The number of aliphatic hydroxyl groups is 5. The summed E-state index contributed by atoms with van der Waals surface area (Å²) in [5.41, 5.74) is 0. The first-order chi connectivity index (χ1) is 44.7. The van der Waals surface area contributed by atoms with E-state index in [1.54, 1.807) is 6.08 Å². The molecule has 0 aromatic heterocycles. The Morgan fingerprint density at radius 2 is 0.758 bits per heavy atom. The number of rotatable bonds is 69. The molecule has 534 valence electrons. The van der Waals surface area contributed by atoms with Crippen LogP contribution in [0.1, 0.15) is 387 Å². The van der Waals surface area contributed by atoms with E-state index in [9.17, 15) is 35.1 Å². The van der Waals surface area contributed by atoms with Crippen LogP contribution in [-0.4, -0.2) is 99.6 Å². The Balaban J connectivity index is 2.51. The molecular formula is C80H149NO10. The van der Waals surface area contributed by atoms with Gasteiger partial charge in [0.1, 0.15) is 24.4 Å². The van der Waals surface area contributed by atoms with E-state index < -0.39 is 67.4 Å². The maximum Gasteiger partial charge on any atom is 0.306 e. The topological polar surface area (TPSA) is 175 Å². The minimum Gasteiger partial charge on any atom is -0.454 e. The number of nitrogens with one attached hydrogen (secondary N) is 1. The molecule has 8 atom stereocenters.